The lowest BCUT2D eigenvalue weighted by Crippen LogP contribution is -2.55. The molecule has 0 aromatic heterocycles. The number of nitrogens with one attached hydrogen (secondary N) is 1. The molecule has 1 saturated carbocycles. The first-order valence-corrected chi connectivity index (χ1v) is 8.86. The smallest absolute Gasteiger partial charge is 0.220 e. The molecule has 1 aromatic rings. The minimum atomic E-state index is -0.605. The number of ether oxygens (including phenoxy) is 2. The van der Waals surface area contributed by atoms with Crippen LogP contribution in [0.15, 0.2) is 18.2 Å². The zero-order chi connectivity index (χ0) is 16.3. The number of rotatable bonds is 4. The average Bonchev–Trinajstić information content (AvgIpc) is 2.98. The molecule has 1 saturated heterocycles. The Morgan fingerprint density at radius 1 is 1.26 bits per heavy atom. The molecule has 1 atom stereocenters. The molecule has 0 bridgehead atoms. The first kappa shape index (κ1) is 17.0. The van der Waals surface area contributed by atoms with Gasteiger partial charge in [0.05, 0.1) is 19.3 Å². The molecule has 4 nitrogen and oxygen atoms in total. The van der Waals surface area contributed by atoms with E-state index < -0.39 is 5.79 Å². The zero-order valence-corrected chi connectivity index (χ0v) is 14.5. The van der Waals surface area contributed by atoms with Crippen LogP contribution in [-0.4, -0.2) is 30.9 Å². The van der Waals surface area contributed by atoms with Crippen LogP contribution in [0.25, 0.3) is 0 Å². The average molecular weight is 358 g/mol. The van der Waals surface area contributed by atoms with Gasteiger partial charge < -0.3 is 14.8 Å². The van der Waals surface area contributed by atoms with Crippen molar-refractivity contribution in [3.63, 3.8) is 0 Å². The van der Waals surface area contributed by atoms with Crippen molar-refractivity contribution in [2.75, 3.05) is 13.2 Å². The van der Waals surface area contributed by atoms with E-state index in [9.17, 15) is 4.79 Å². The van der Waals surface area contributed by atoms with Crippen molar-refractivity contribution in [3.05, 3.63) is 33.8 Å². The molecule has 1 aliphatic heterocycles. The van der Waals surface area contributed by atoms with Gasteiger partial charge in [-0.15, -0.1) is 0 Å². The molecule has 23 heavy (non-hydrogen) atoms. The van der Waals surface area contributed by atoms with Gasteiger partial charge in [0, 0.05) is 22.9 Å². The van der Waals surface area contributed by atoms with E-state index in [0.717, 1.165) is 31.2 Å². The maximum Gasteiger partial charge on any atom is 0.220 e. The summed E-state index contributed by atoms with van der Waals surface area (Å²) in [5, 5.41) is 4.29. The van der Waals surface area contributed by atoms with Gasteiger partial charge >= 0.3 is 0 Å². The van der Waals surface area contributed by atoms with Crippen LogP contribution >= 0.6 is 23.2 Å². The molecule has 1 unspecified atom stereocenters. The van der Waals surface area contributed by atoms with Crippen LogP contribution in [0.5, 0.6) is 0 Å². The molecule has 1 aliphatic carbocycles. The fraction of sp³-hybridized carbons (Fsp3) is 0.588. The number of aryl methyl sites for hydroxylation is 1. The van der Waals surface area contributed by atoms with Gasteiger partial charge in [-0.25, -0.2) is 0 Å². The van der Waals surface area contributed by atoms with E-state index in [0.29, 0.717) is 36.1 Å². The molecule has 3 rings (SSSR count). The summed E-state index contributed by atoms with van der Waals surface area (Å²) in [6.45, 7) is 1.21. The normalized spacial score (nSPS) is 23.1. The highest BCUT2D eigenvalue weighted by molar-refractivity contribution is 6.35. The Kier molecular flexibility index (Phi) is 5.47. The Morgan fingerprint density at radius 3 is 2.78 bits per heavy atom. The number of carbonyl (C=O) groups excluding carboxylic acids is 1. The van der Waals surface area contributed by atoms with Gasteiger partial charge in [0.25, 0.3) is 0 Å². The number of hydrogen-bond acceptors (Lipinski definition) is 3. The number of hydrogen-bond donors (Lipinski definition) is 1. The topological polar surface area (TPSA) is 47.6 Å². The second kappa shape index (κ2) is 7.39. The number of amides is 1. The fourth-order valence-electron chi connectivity index (χ4n) is 3.35. The van der Waals surface area contributed by atoms with Gasteiger partial charge in [-0.1, -0.05) is 35.7 Å². The molecular formula is C17H21Cl2NO3. The Morgan fingerprint density at radius 2 is 2.04 bits per heavy atom. The summed E-state index contributed by atoms with van der Waals surface area (Å²) in [6, 6.07) is 5.29. The molecule has 1 heterocycles. The van der Waals surface area contributed by atoms with Crippen LogP contribution in [0.2, 0.25) is 10.0 Å². The molecule has 1 spiro atoms. The molecule has 1 amide bonds. The summed E-state index contributed by atoms with van der Waals surface area (Å²) >= 11 is 12.0. The van der Waals surface area contributed by atoms with Crippen molar-refractivity contribution in [1.29, 1.82) is 0 Å². The number of benzene rings is 1. The molecule has 6 heteroatoms. The van der Waals surface area contributed by atoms with Gasteiger partial charge in [-0.3, -0.25) is 4.79 Å². The van der Waals surface area contributed by atoms with Crippen LogP contribution in [0.3, 0.4) is 0 Å². The van der Waals surface area contributed by atoms with Crippen molar-refractivity contribution in [1.82, 2.24) is 5.32 Å². The van der Waals surface area contributed by atoms with Crippen molar-refractivity contribution in [3.8, 4) is 0 Å². The largest absolute Gasteiger partial charge is 0.348 e. The second-order valence-electron chi connectivity index (χ2n) is 6.11. The lowest BCUT2D eigenvalue weighted by molar-refractivity contribution is -0.196. The van der Waals surface area contributed by atoms with E-state index in [1.54, 1.807) is 12.1 Å². The highest BCUT2D eigenvalue weighted by atomic mass is 35.5. The second-order valence-corrected chi connectivity index (χ2v) is 6.95. The molecule has 2 fully saturated rings. The molecule has 1 aromatic carbocycles. The van der Waals surface area contributed by atoms with E-state index >= 15 is 0 Å². The zero-order valence-electron chi connectivity index (χ0n) is 12.9. The van der Waals surface area contributed by atoms with Gasteiger partial charge in [-0.05, 0) is 37.0 Å². The molecule has 0 radical (unpaired) electrons. The molecule has 126 valence electrons. The van der Waals surface area contributed by atoms with Gasteiger partial charge in [0.15, 0.2) is 5.79 Å². The standard InChI is InChI=1S/C17H21Cl2NO3/c18-13-6-4-12(14(19)11-13)5-7-16(21)20-15-3-1-2-8-17(15)22-9-10-23-17/h4,6,11,15H,1-3,5,7-10H2,(H,20,21). The summed E-state index contributed by atoms with van der Waals surface area (Å²) < 4.78 is 11.6. The van der Waals surface area contributed by atoms with Gasteiger partial charge in [0.1, 0.15) is 0 Å². The molecular weight excluding hydrogens is 337 g/mol. The van der Waals surface area contributed by atoms with Crippen LogP contribution in [0.4, 0.5) is 0 Å². The quantitative estimate of drug-likeness (QED) is 0.892. The van der Waals surface area contributed by atoms with Crippen LogP contribution in [0, 0.1) is 0 Å². The summed E-state index contributed by atoms with van der Waals surface area (Å²) in [4.78, 5) is 12.3. The van der Waals surface area contributed by atoms with Crippen LogP contribution in [-0.2, 0) is 20.7 Å². The number of carbonyl (C=O) groups is 1. The first-order valence-electron chi connectivity index (χ1n) is 8.10. The SMILES string of the molecule is O=C(CCc1ccc(Cl)cc1Cl)NC1CCCCC12OCCO2. The Hall–Kier alpha value is -0.810. The van der Waals surface area contributed by atoms with Crippen molar-refractivity contribution in [2.45, 2.75) is 50.4 Å². The maximum absolute atomic E-state index is 12.3. The Balaban J connectivity index is 1.56. The Labute approximate surface area is 146 Å². The lowest BCUT2D eigenvalue weighted by atomic mass is 9.88. The minimum absolute atomic E-state index is 0.00129. The molecule has 1 N–H and O–H groups in total. The number of halogens is 2. The Bertz CT molecular complexity index is 573. The van der Waals surface area contributed by atoms with Crippen LogP contribution < -0.4 is 5.32 Å². The van der Waals surface area contributed by atoms with E-state index in [1.165, 1.54) is 0 Å². The van der Waals surface area contributed by atoms with Gasteiger partial charge in [0.2, 0.25) is 5.91 Å². The third kappa shape index (κ3) is 4.00. The van der Waals surface area contributed by atoms with E-state index in [2.05, 4.69) is 5.32 Å². The lowest BCUT2D eigenvalue weighted by Gasteiger charge is -2.39. The summed E-state index contributed by atoms with van der Waals surface area (Å²) in [7, 11) is 0. The maximum atomic E-state index is 12.3. The van der Waals surface area contributed by atoms with Gasteiger partial charge in [-0.2, -0.15) is 0 Å². The predicted molar refractivity (Wildman–Crippen MR) is 89.8 cm³/mol. The minimum Gasteiger partial charge on any atom is -0.348 e. The third-order valence-electron chi connectivity index (χ3n) is 4.55. The van der Waals surface area contributed by atoms with E-state index in [-0.39, 0.29) is 11.9 Å². The first-order chi connectivity index (χ1) is 11.1. The predicted octanol–water partition coefficient (Wildman–Crippen LogP) is 3.73. The van der Waals surface area contributed by atoms with E-state index in [1.807, 2.05) is 6.07 Å². The fourth-order valence-corrected chi connectivity index (χ4v) is 3.85. The van der Waals surface area contributed by atoms with E-state index in [4.69, 9.17) is 32.7 Å². The highest BCUT2D eigenvalue weighted by Gasteiger charge is 2.46. The summed E-state index contributed by atoms with van der Waals surface area (Å²) in [5.41, 5.74) is 0.929. The highest BCUT2D eigenvalue weighted by Crippen LogP contribution is 2.36. The van der Waals surface area contributed by atoms with Crippen molar-refractivity contribution >= 4 is 29.1 Å². The molecule has 2 aliphatic rings. The van der Waals surface area contributed by atoms with Crippen molar-refractivity contribution in [2.24, 2.45) is 0 Å². The monoisotopic (exact) mass is 357 g/mol. The summed E-state index contributed by atoms with van der Waals surface area (Å²) in [6.07, 6.45) is 4.88. The summed E-state index contributed by atoms with van der Waals surface area (Å²) in [5.74, 6) is -0.604. The van der Waals surface area contributed by atoms with Crippen molar-refractivity contribution < 1.29 is 14.3 Å². The van der Waals surface area contributed by atoms with Crippen LogP contribution in [0.1, 0.15) is 37.7 Å². The third-order valence-corrected chi connectivity index (χ3v) is 5.13.